The molecule has 0 aliphatic carbocycles. The number of allylic oxidation sites excluding steroid dienone is 2. The van der Waals surface area contributed by atoms with Gasteiger partial charge in [0, 0.05) is 16.8 Å². The zero-order valence-corrected chi connectivity index (χ0v) is 13.5. The van der Waals surface area contributed by atoms with Crippen molar-refractivity contribution >= 4 is 17.5 Å². The third-order valence-corrected chi connectivity index (χ3v) is 3.77. The van der Waals surface area contributed by atoms with Crippen molar-refractivity contribution in [2.24, 2.45) is 5.10 Å². The third kappa shape index (κ3) is 6.01. The van der Waals surface area contributed by atoms with Gasteiger partial charge in [0.05, 0.1) is 11.8 Å². The van der Waals surface area contributed by atoms with Gasteiger partial charge in [0.1, 0.15) is 12.4 Å². The first-order valence-corrected chi connectivity index (χ1v) is 7.71. The van der Waals surface area contributed by atoms with Crippen LogP contribution in [0.1, 0.15) is 26.7 Å². The maximum atomic E-state index is 13.0. The first-order chi connectivity index (χ1) is 10.1. The van der Waals surface area contributed by atoms with Gasteiger partial charge in [-0.1, -0.05) is 31.7 Å². The fourth-order valence-corrected chi connectivity index (χ4v) is 2.75. The number of rotatable bonds is 7. The maximum absolute atomic E-state index is 13.0. The average molecular weight is 305 g/mol. The predicted octanol–water partition coefficient (Wildman–Crippen LogP) is 4.43. The molecule has 0 saturated heterocycles. The van der Waals surface area contributed by atoms with Gasteiger partial charge in [-0.05, 0) is 37.1 Å². The van der Waals surface area contributed by atoms with Crippen molar-refractivity contribution in [3.05, 3.63) is 41.1 Å². The van der Waals surface area contributed by atoms with Crippen LogP contribution in [0.3, 0.4) is 0 Å². The second-order valence-electron chi connectivity index (χ2n) is 4.41. The lowest BCUT2D eigenvalue weighted by atomic mass is 10.2. The van der Waals surface area contributed by atoms with Crippen LogP contribution in [-0.2, 0) is 0 Å². The average Bonchev–Trinajstić information content (AvgIpc) is 2.47. The zero-order valence-electron chi connectivity index (χ0n) is 12.6. The third-order valence-electron chi connectivity index (χ3n) is 2.64. The van der Waals surface area contributed by atoms with E-state index in [1.807, 2.05) is 6.92 Å². The number of nitrogens with zero attached hydrogens (tertiary/aromatic N) is 3. The Morgan fingerprint density at radius 1 is 1.38 bits per heavy atom. The lowest BCUT2D eigenvalue weighted by Gasteiger charge is -2.14. The molecule has 0 fully saturated rings. The minimum Gasteiger partial charge on any atom is -0.286 e. The minimum atomic E-state index is -0.237. The molecule has 0 aromatic heterocycles. The fourth-order valence-electron chi connectivity index (χ4n) is 1.67. The molecular formula is C16H20FN3S. The Kier molecular flexibility index (Phi) is 7.55. The van der Waals surface area contributed by atoms with Crippen molar-refractivity contribution in [2.75, 3.05) is 13.6 Å². The van der Waals surface area contributed by atoms with E-state index in [0.717, 1.165) is 28.4 Å². The first kappa shape index (κ1) is 17.3. The van der Waals surface area contributed by atoms with E-state index in [-0.39, 0.29) is 12.4 Å². The van der Waals surface area contributed by atoms with Gasteiger partial charge in [0.15, 0.2) is 0 Å². The summed E-state index contributed by atoms with van der Waals surface area (Å²) >= 11 is 1.57. The highest BCUT2D eigenvalue weighted by Crippen LogP contribution is 2.29. The van der Waals surface area contributed by atoms with E-state index in [1.54, 1.807) is 36.0 Å². The molecule has 1 aromatic carbocycles. The van der Waals surface area contributed by atoms with E-state index in [0.29, 0.717) is 0 Å². The van der Waals surface area contributed by atoms with Gasteiger partial charge in [-0.2, -0.15) is 10.4 Å². The maximum Gasteiger partial charge on any atom is 0.123 e. The molecule has 1 rings (SSSR count). The Morgan fingerprint density at radius 3 is 2.57 bits per heavy atom. The molecule has 0 atom stereocenters. The molecule has 3 nitrogen and oxygen atoms in total. The van der Waals surface area contributed by atoms with Gasteiger partial charge in [-0.3, -0.25) is 5.01 Å². The lowest BCUT2D eigenvalue weighted by Crippen LogP contribution is -2.15. The summed E-state index contributed by atoms with van der Waals surface area (Å²) in [5.41, 5.74) is 0.934. The molecule has 0 spiro atoms. The molecule has 0 unspecified atom stereocenters. The summed E-state index contributed by atoms with van der Waals surface area (Å²) in [5, 5.41) is 14.8. The van der Waals surface area contributed by atoms with Crippen LogP contribution in [0, 0.1) is 17.1 Å². The van der Waals surface area contributed by atoms with Crippen LogP contribution in [0.2, 0.25) is 0 Å². The normalized spacial score (nSPS) is 12.1. The first-order valence-electron chi connectivity index (χ1n) is 6.90. The quantitative estimate of drug-likeness (QED) is 0.324. The molecular weight excluding hydrogens is 285 g/mol. The number of nitriles is 1. The minimum absolute atomic E-state index is 0.237. The highest BCUT2D eigenvalue weighted by atomic mass is 32.2. The summed E-state index contributed by atoms with van der Waals surface area (Å²) < 4.78 is 13.0. The predicted molar refractivity (Wildman–Crippen MR) is 86.6 cm³/mol. The highest BCUT2D eigenvalue weighted by Gasteiger charge is 2.09. The Morgan fingerprint density at radius 2 is 2.05 bits per heavy atom. The van der Waals surface area contributed by atoms with Gasteiger partial charge in [0.2, 0.25) is 0 Å². The number of benzene rings is 1. The van der Waals surface area contributed by atoms with Crippen molar-refractivity contribution in [1.82, 2.24) is 5.01 Å². The Labute approximate surface area is 130 Å². The number of thioether (sulfide) groups is 1. The molecule has 112 valence electrons. The molecule has 0 aliphatic heterocycles. The van der Waals surface area contributed by atoms with Gasteiger partial charge in [-0.15, -0.1) is 0 Å². The van der Waals surface area contributed by atoms with Crippen LogP contribution in [-0.4, -0.2) is 24.3 Å². The van der Waals surface area contributed by atoms with Crippen molar-refractivity contribution < 1.29 is 4.39 Å². The Bertz CT molecular complexity index is 544. The number of hydrogen-bond donors (Lipinski definition) is 0. The largest absolute Gasteiger partial charge is 0.286 e. The van der Waals surface area contributed by atoms with E-state index >= 15 is 0 Å². The summed E-state index contributed by atoms with van der Waals surface area (Å²) in [7, 11) is 1.78. The van der Waals surface area contributed by atoms with E-state index in [4.69, 9.17) is 5.26 Å². The van der Waals surface area contributed by atoms with Gasteiger partial charge in [0.25, 0.3) is 0 Å². The second-order valence-corrected chi connectivity index (χ2v) is 5.52. The van der Waals surface area contributed by atoms with Gasteiger partial charge < -0.3 is 0 Å². The van der Waals surface area contributed by atoms with E-state index < -0.39 is 0 Å². The van der Waals surface area contributed by atoms with Crippen LogP contribution >= 0.6 is 11.8 Å². The monoisotopic (exact) mass is 305 g/mol. The number of hydrazone groups is 1. The summed E-state index contributed by atoms with van der Waals surface area (Å²) in [6.45, 7) is 4.36. The molecule has 0 radical (unpaired) electrons. The van der Waals surface area contributed by atoms with E-state index in [9.17, 15) is 4.39 Å². The molecule has 0 heterocycles. The van der Waals surface area contributed by atoms with E-state index in [1.165, 1.54) is 12.1 Å². The summed E-state index contributed by atoms with van der Waals surface area (Å²) in [6, 6.07) is 8.50. The molecule has 0 amide bonds. The highest BCUT2D eigenvalue weighted by molar-refractivity contribution is 8.04. The van der Waals surface area contributed by atoms with E-state index in [2.05, 4.69) is 24.2 Å². The molecule has 0 bridgehead atoms. The second kappa shape index (κ2) is 9.19. The smallest absolute Gasteiger partial charge is 0.123 e. The van der Waals surface area contributed by atoms with Crippen LogP contribution in [0.25, 0.3) is 0 Å². The molecule has 5 heteroatoms. The zero-order chi connectivity index (χ0) is 15.7. The standard InChI is InChI=1S/C16H20FN3S/c1-4-6-16(15(5-2)19-20(3)12-11-18)21-14-9-7-13(17)8-10-14/h6-10H,4-5,12H2,1-3H3/b16-6-,19-15-. The van der Waals surface area contributed by atoms with Gasteiger partial charge in [-0.25, -0.2) is 4.39 Å². The lowest BCUT2D eigenvalue weighted by molar-refractivity contribution is 0.398. The van der Waals surface area contributed by atoms with Crippen LogP contribution in [0.5, 0.6) is 0 Å². The van der Waals surface area contributed by atoms with Crippen molar-refractivity contribution in [2.45, 2.75) is 31.6 Å². The molecule has 1 aromatic rings. The number of hydrogen-bond acceptors (Lipinski definition) is 4. The van der Waals surface area contributed by atoms with Crippen molar-refractivity contribution in [3.63, 3.8) is 0 Å². The fraction of sp³-hybridized carbons (Fsp3) is 0.375. The number of halogens is 1. The van der Waals surface area contributed by atoms with Crippen LogP contribution in [0.4, 0.5) is 4.39 Å². The molecule has 21 heavy (non-hydrogen) atoms. The Hall–Kier alpha value is -1.80. The summed E-state index contributed by atoms with van der Waals surface area (Å²) in [4.78, 5) is 2.02. The van der Waals surface area contributed by atoms with Crippen molar-refractivity contribution in [1.29, 1.82) is 5.26 Å². The topological polar surface area (TPSA) is 39.4 Å². The van der Waals surface area contributed by atoms with Crippen molar-refractivity contribution in [3.8, 4) is 6.07 Å². The molecule has 0 N–H and O–H groups in total. The van der Waals surface area contributed by atoms with Gasteiger partial charge >= 0.3 is 0 Å². The summed E-state index contributed by atoms with van der Waals surface area (Å²) in [5.74, 6) is -0.237. The summed E-state index contributed by atoms with van der Waals surface area (Å²) in [6.07, 6.45) is 3.77. The van der Waals surface area contributed by atoms with Crippen LogP contribution in [0.15, 0.2) is 45.2 Å². The van der Waals surface area contributed by atoms with Crippen LogP contribution < -0.4 is 0 Å². The molecule has 0 saturated carbocycles. The SMILES string of the molecule is CC/C=C(Sc1ccc(F)cc1)/C(CC)=N\N(C)CC#N. The Balaban J connectivity index is 2.96. The molecule has 0 aliphatic rings.